The SMILES string of the molecule is CCCNC(Cc1ncc[nH]1)C1CC2CCC1C2. The summed E-state index contributed by atoms with van der Waals surface area (Å²) in [5.41, 5.74) is 0. The van der Waals surface area contributed by atoms with Crippen molar-refractivity contribution in [2.45, 2.75) is 51.5 Å². The Balaban J connectivity index is 1.65. The van der Waals surface area contributed by atoms with Gasteiger partial charge in [-0.1, -0.05) is 13.3 Å². The fourth-order valence-electron chi connectivity index (χ4n) is 4.11. The topological polar surface area (TPSA) is 40.7 Å². The second-order valence-corrected chi connectivity index (χ2v) is 6.14. The molecule has 0 saturated heterocycles. The Morgan fingerprint density at radius 3 is 3.00 bits per heavy atom. The zero-order chi connectivity index (χ0) is 12.4. The molecule has 2 aliphatic rings. The van der Waals surface area contributed by atoms with Gasteiger partial charge in [-0.05, 0) is 50.0 Å². The number of aromatic nitrogens is 2. The molecule has 0 radical (unpaired) electrons. The lowest BCUT2D eigenvalue weighted by Gasteiger charge is -2.31. The van der Waals surface area contributed by atoms with Crippen LogP contribution >= 0.6 is 0 Å². The van der Waals surface area contributed by atoms with E-state index in [0.717, 1.165) is 36.5 Å². The molecule has 2 fully saturated rings. The maximum absolute atomic E-state index is 4.40. The average molecular weight is 247 g/mol. The minimum absolute atomic E-state index is 0.631. The molecule has 0 amide bonds. The first-order chi connectivity index (χ1) is 8.86. The number of H-pyrrole nitrogens is 1. The van der Waals surface area contributed by atoms with Crippen LogP contribution in [0.1, 0.15) is 44.9 Å². The quantitative estimate of drug-likeness (QED) is 0.811. The number of rotatable bonds is 6. The van der Waals surface area contributed by atoms with Crippen LogP contribution in [0.2, 0.25) is 0 Å². The Labute approximate surface area is 110 Å². The van der Waals surface area contributed by atoms with Gasteiger partial charge in [0.15, 0.2) is 0 Å². The Hall–Kier alpha value is -0.830. The summed E-state index contributed by atoms with van der Waals surface area (Å²) in [5.74, 6) is 4.05. The molecule has 4 atom stereocenters. The molecule has 1 heterocycles. The van der Waals surface area contributed by atoms with Crippen molar-refractivity contribution in [3.8, 4) is 0 Å². The van der Waals surface area contributed by atoms with Crippen LogP contribution in [-0.2, 0) is 6.42 Å². The van der Waals surface area contributed by atoms with Gasteiger partial charge < -0.3 is 10.3 Å². The first-order valence-corrected chi connectivity index (χ1v) is 7.58. The zero-order valence-corrected chi connectivity index (χ0v) is 11.4. The largest absolute Gasteiger partial charge is 0.349 e. The van der Waals surface area contributed by atoms with Crippen LogP contribution in [0.25, 0.3) is 0 Å². The third kappa shape index (κ3) is 2.46. The zero-order valence-electron chi connectivity index (χ0n) is 11.4. The van der Waals surface area contributed by atoms with Crippen molar-refractivity contribution >= 4 is 0 Å². The van der Waals surface area contributed by atoms with Crippen LogP contribution in [0, 0.1) is 17.8 Å². The predicted octanol–water partition coefficient (Wildman–Crippen LogP) is 2.76. The van der Waals surface area contributed by atoms with Crippen molar-refractivity contribution in [3.63, 3.8) is 0 Å². The molecule has 2 saturated carbocycles. The van der Waals surface area contributed by atoms with E-state index in [1.54, 1.807) is 0 Å². The van der Waals surface area contributed by atoms with Crippen LogP contribution in [0.3, 0.4) is 0 Å². The van der Waals surface area contributed by atoms with Crippen LogP contribution in [0.15, 0.2) is 12.4 Å². The number of hydrogen-bond acceptors (Lipinski definition) is 2. The van der Waals surface area contributed by atoms with Crippen molar-refractivity contribution in [1.29, 1.82) is 0 Å². The third-order valence-electron chi connectivity index (χ3n) is 4.93. The van der Waals surface area contributed by atoms with Gasteiger partial charge in [0.05, 0.1) is 0 Å². The van der Waals surface area contributed by atoms with Crippen LogP contribution in [0.4, 0.5) is 0 Å². The Bertz CT molecular complexity index is 360. The summed E-state index contributed by atoms with van der Waals surface area (Å²) >= 11 is 0. The molecule has 3 rings (SSSR count). The second-order valence-electron chi connectivity index (χ2n) is 6.14. The van der Waals surface area contributed by atoms with Crippen LogP contribution < -0.4 is 5.32 Å². The van der Waals surface area contributed by atoms with Crippen LogP contribution in [0.5, 0.6) is 0 Å². The van der Waals surface area contributed by atoms with Gasteiger partial charge in [-0.2, -0.15) is 0 Å². The van der Waals surface area contributed by atoms with Crippen molar-refractivity contribution in [3.05, 3.63) is 18.2 Å². The first-order valence-electron chi connectivity index (χ1n) is 7.58. The number of fused-ring (bicyclic) bond motifs is 2. The molecule has 1 aromatic heterocycles. The molecule has 18 heavy (non-hydrogen) atoms. The van der Waals surface area contributed by atoms with Crippen molar-refractivity contribution in [2.75, 3.05) is 6.54 Å². The van der Waals surface area contributed by atoms with Crippen molar-refractivity contribution in [1.82, 2.24) is 15.3 Å². The van der Waals surface area contributed by atoms with E-state index in [1.807, 2.05) is 12.4 Å². The summed E-state index contributed by atoms with van der Waals surface area (Å²) in [6.45, 7) is 3.39. The molecule has 2 aliphatic carbocycles. The molecule has 3 heteroatoms. The molecule has 2 bridgehead atoms. The number of aromatic amines is 1. The molecule has 1 aromatic rings. The predicted molar refractivity (Wildman–Crippen MR) is 73.3 cm³/mol. The highest BCUT2D eigenvalue weighted by Gasteiger charge is 2.42. The van der Waals surface area contributed by atoms with E-state index in [2.05, 4.69) is 22.2 Å². The van der Waals surface area contributed by atoms with Crippen LogP contribution in [-0.4, -0.2) is 22.6 Å². The summed E-state index contributed by atoms with van der Waals surface area (Å²) in [4.78, 5) is 7.66. The lowest BCUT2D eigenvalue weighted by molar-refractivity contribution is 0.245. The fraction of sp³-hybridized carbons (Fsp3) is 0.800. The standard InChI is InChI=1S/C15H25N3/c1-2-5-16-14(10-15-17-6-7-18-15)13-9-11-3-4-12(13)8-11/h6-7,11-14,16H,2-5,8-10H2,1H3,(H,17,18). The van der Waals surface area contributed by atoms with E-state index in [-0.39, 0.29) is 0 Å². The Morgan fingerprint density at radius 2 is 2.39 bits per heavy atom. The number of hydrogen-bond donors (Lipinski definition) is 2. The molecule has 0 aliphatic heterocycles. The molecule has 100 valence electrons. The van der Waals surface area contributed by atoms with Gasteiger partial charge >= 0.3 is 0 Å². The molecule has 2 N–H and O–H groups in total. The molecule has 4 unspecified atom stereocenters. The van der Waals surface area contributed by atoms with E-state index < -0.39 is 0 Å². The maximum atomic E-state index is 4.40. The lowest BCUT2D eigenvalue weighted by atomic mass is 9.82. The second kappa shape index (κ2) is 5.43. The first kappa shape index (κ1) is 12.2. The smallest absolute Gasteiger partial charge is 0.107 e. The van der Waals surface area contributed by atoms with Gasteiger partial charge in [-0.3, -0.25) is 0 Å². The van der Waals surface area contributed by atoms with E-state index in [9.17, 15) is 0 Å². The normalized spacial score (nSPS) is 31.9. The van der Waals surface area contributed by atoms with Gasteiger partial charge in [0.2, 0.25) is 0 Å². The highest BCUT2D eigenvalue weighted by molar-refractivity contribution is 5.00. The molecule has 3 nitrogen and oxygen atoms in total. The van der Waals surface area contributed by atoms with Crippen molar-refractivity contribution in [2.24, 2.45) is 17.8 Å². The minimum Gasteiger partial charge on any atom is -0.349 e. The highest BCUT2D eigenvalue weighted by atomic mass is 15.0. The van der Waals surface area contributed by atoms with Gasteiger partial charge in [-0.15, -0.1) is 0 Å². The van der Waals surface area contributed by atoms with E-state index >= 15 is 0 Å². The number of nitrogens with zero attached hydrogens (tertiary/aromatic N) is 1. The van der Waals surface area contributed by atoms with Gasteiger partial charge in [-0.25, -0.2) is 4.98 Å². The lowest BCUT2D eigenvalue weighted by Crippen LogP contribution is -2.41. The molecule has 0 aromatic carbocycles. The van der Waals surface area contributed by atoms with E-state index in [0.29, 0.717) is 6.04 Å². The van der Waals surface area contributed by atoms with Crippen molar-refractivity contribution < 1.29 is 0 Å². The molecular weight excluding hydrogens is 222 g/mol. The highest BCUT2D eigenvalue weighted by Crippen LogP contribution is 2.49. The molecular formula is C15H25N3. The number of imidazole rings is 1. The monoisotopic (exact) mass is 247 g/mol. The van der Waals surface area contributed by atoms with E-state index in [1.165, 1.54) is 32.1 Å². The summed E-state index contributed by atoms with van der Waals surface area (Å²) in [7, 11) is 0. The summed E-state index contributed by atoms with van der Waals surface area (Å²) in [6.07, 6.45) is 12.0. The average Bonchev–Trinajstić information content (AvgIpc) is 3.10. The Kier molecular flexibility index (Phi) is 3.69. The third-order valence-corrected chi connectivity index (χ3v) is 4.93. The summed E-state index contributed by atoms with van der Waals surface area (Å²) < 4.78 is 0. The molecule has 0 spiro atoms. The Morgan fingerprint density at radius 1 is 1.44 bits per heavy atom. The fourth-order valence-corrected chi connectivity index (χ4v) is 4.11. The van der Waals surface area contributed by atoms with Gasteiger partial charge in [0.1, 0.15) is 5.82 Å². The summed E-state index contributed by atoms with van der Waals surface area (Å²) in [5, 5.41) is 3.77. The maximum Gasteiger partial charge on any atom is 0.107 e. The van der Waals surface area contributed by atoms with Gasteiger partial charge in [0.25, 0.3) is 0 Å². The number of nitrogens with one attached hydrogen (secondary N) is 2. The minimum atomic E-state index is 0.631. The van der Waals surface area contributed by atoms with Gasteiger partial charge in [0, 0.05) is 24.9 Å². The van der Waals surface area contributed by atoms with E-state index in [4.69, 9.17) is 0 Å². The summed E-state index contributed by atoms with van der Waals surface area (Å²) in [6, 6.07) is 0.631.